The first-order valence-corrected chi connectivity index (χ1v) is 8.50. The number of methoxy groups -OCH3 is 2. The summed E-state index contributed by atoms with van der Waals surface area (Å²) < 4.78 is 24.9. The van der Waals surface area contributed by atoms with Crippen LogP contribution in [0.4, 0.5) is 4.39 Å². The minimum absolute atomic E-state index is 0.210. The van der Waals surface area contributed by atoms with Gasteiger partial charge in [0, 0.05) is 9.61 Å². The second-order valence-electron chi connectivity index (χ2n) is 5.36. The van der Waals surface area contributed by atoms with E-state index in [0.717, 1.165) is 3.57 Å². The van der Waals surface area contributed by atoms with Gasteiger partial charge in [0.15, 0.2) is 11.5 Å². The lowest BCUT2D eigenvalue weighted by molar-refractivity contribution is 0.0938. The molecule has 0 fully saturated rings. The van der Waals surface area contributed by atoms with Crippen LogP contribution in [0.2, 0.25) is 0 Å². The average molecular weight is 443 g/mol. The van der Waals surface area contributed by atoms with Crippen LogP contribution in [0.15, 0.2) is 36.4 Å². The fraction of sp³-hybridized carbons (Fsp3) is 0.278. The molecule has 0 aliphatic carbocycles. The first-order valence-electron chi connectivity index (χ1n) is 7.42. The third-order valence-corrected chi connectivity index (χ3v) is 4.47. The molecule has 0 spiro atoms. The number of nitrogens with one attached hydrogen (secondary N) is 1. The fourth-order valence-corrected chi connectivity index (χ4v) is 3.06. The van der Waals surface area contributed by atoms with E-state index < -0.39 is 0 Å². The SMILES string of the molecule is COc1cc(I)c(C(=O)NC(C)Cc2ccccc2F)cc1OC. The van der Waals surface area contributed by atoms with Gasteiger partial charge in [-0.2, -0.15) is 0 Å². The van der Waals surface area contributed by atoms with Crippen LogP contribution in [0.1, 0.15) is 22.8 Å². The largest absolute Gasteiger partial charge is 0.493 e. The molecule has 0 heterocycles. The quantitative estimate of drug-likeness (QED) is 0.691. The van der Waals surface area contributed by atoms with Gasteiger partial charge in [0.25, 0.3) is 5.91 Å². The number of hydrogen-bond donors (Lipinski definition) is 1. The van der Waals surface area contributed by atoms with E-state index in [4.69, 9.17) is 9.47 Å². The number of amides is 1. The molecule has 24 heavy (non-hydrogen) atoms. The van der Waals surface area contributed by atoms with Gasteiger partial charge in [-0.15, -0.1) is 0 Å². The van der Waals surface area contributed by atoms with Gasteiger partial charge in [-0.1, -0.05) is 18.2 Å². The molecule has 6 heteroatoms. The molecule has 1 N–H and O–H groups in total. The highest BCUT2D eigenvalue weighted by molar-refractivity contribution is 14.1. The molecule has 0 aliphatic rings. The Kier molecular flexibility index (Phi) is 6.42. The van der Waals surface area contributed by atoms with E-state index in [1.807, 2.05) is 6.92 Å². The van der Waals surface area contributed by atoms with E-state index in [-0.39, 0.29) is 17.8 Å². The number of ether oxygens (including phenoxy) is 2. The first-order chi connectivity index (χ1) is 11.5. The zero-order chi connectivity index (χ0) is 17.7. The van der Waals surface area contributed by atoms with E-state index in [9.17, 15) is 9.18 Å². The summed E-state index contributed by atoms with van der Waals surface area (Å²) in [7, 11) is 3.07. The third kappa shape index (κ3) is 4.37. The third-order valence-electron chi connectivity index (χ3n) is 3.58. The lowest BCUT2D eigenvalue weighted by Crippen LogP contribution is -2.34. The second-order valence-corrected chi connectivity index (χ2v) is 6.52. The second kappa shape index (κ2) is 8.32. The van der Waals surface area contributed by atoms with E-state index >= 15 is 0 Å². The summed E-state index contributed by atoms with van der Waals surface area (Å²) in [6.07, 6.45) is 0.419. The molecule has 0 saturated heterocycles. The van der Waals surface area contributed by atoms with Crippen LogP contribution in [-0.4, -0.2) is 26.2 Å². The molecule has 0 saturated carbocycles. The van der Waals surface area contributed by atoms with Crippen molar-refractivity contribution in [1.29, 1.82) is 0 Å². The molecule has 4 nitrogen and oxygen atoms in total. The Morgan fingerprint density at radius 1 is 1.21 bits per heavy atom. The molecule has 0 radical (unpaired) electrons. The number of rotatable bonds is 6. The van der Waals surface area contributed by atoms with Crippen molar-refractivity contribution in [3.05, 3.63) is 56.9 Å². The molecule has 128 valence electrons. The summed E-state index contributed by atoms with van der Waals surface area (Å²) in [5.74, 6) is 0.561. The van der Waals surface area contributed by atoms with Crippen LogP contribution in [0.25, 0.3) is 0 Å². The number of carbonyl (C=O) groups excluding carboxylic acids is 1. The predicted molar refractivity (Wildman–Crippen MR) is 99.3 cm³/mol. The topological polar surface area (TPSA) is 47.6 Å². The summed E-state index contributed by atoms with van der Waals surface area (Å²) in [4.78, 5) is 12.5. The maximum atomic E-state index is 13.7. The summed E-state index contributed by atoms with van der Waals surface area (Å²) in [5.41, 5.74) is 1.07. The lowest BCUT2D eigenvalue weighted by Gasteiger charge is -2.16. The van der Waals surface area contributed by atoms with E-state index in [1.54, 1.807) is 37.4 Å². The van der Waals surface area contributed by atoms with Crippen LogP contribution in [0, 0.1) is 9.39 Å². The molecule has 1 atom stereocenters. The van der Waals surface area contributed by atoms with Gasteiger partial charge < -0.3 is 14.8 Å². The summed E-state index contributed by atoms with van der Waals surface area (Å²) in [5, 5.41) is 2.89. The van der Waals surface area contributed by atoms with Crippen molar-refractivity contribution in [3.63, 3.8) is 0 Å². The number of carbonyl (C=O) groups is 1. The van der Waals surface area contributed by atoms with Crippen molar-refractivity contribution in [2.24, 2.45) is 0 Å². The highest BCUT2D eigenvalue weighted by atomic mass is 127. The van der Waals surface area contributed by atoms with E-state index in [0.29, 0.717) is 29.0 Å². The van der Waals surface area contributed by atoms with E-state index in [2.05, 4.69) is 27.9 Å². The first kappa shape index (κ1) is 18.5. The van der Waals surface area contributed by atoms with Gasteiger partial charge in [-0.25, -0.2) is 4.39 Å². The summed E-state index contributed by atoms with van der Waals surface area (Å²) >= 11 is 2.08. The number of benzene rings is 2. The van der Waals surface area contributed by atoms with Crippen molar-refractivity contribution >= 4 is 28.5 Å². The molecule has 2 aromatic rings. The van der Waals surface area contributed by atoms with Crippen molar-refractivity contribution in [2.75, 3.05) is 14.2 Å². The van der Waals surface area contributed by atoms with Crippen molar-refractivity contribution in [1.82, 2.24) is 5.32 Å². The van der Waals surface area contributed by atoms with Crippen LogP contribution in [0.5, 0.6) is 11.5 Å². The molecular formula is C18H19FINO3. The maximum Gasteiger partial charge on any atom is 0.252 e. The van der Waals surface area contributed by atoms with Gasteiger partial charge >= 0.3 is 0 Å². The van der Waals surface area contributed by atoms with Crippen LogP contribution in [-0.2, 0) is 6.42 Å². The minimum Gasteiger partial charge on any atom is -0.493 e. The van der Waals surface area contributed by atoms with Gasteiger partial charge in [-0.3, -0.25) is 4.79 Å². The van der Waals surface area contributed by atoms with Crippen LogP contribution >= 0.6 is 22.6 Å². The van der Waals surface area contributed by atoms with E-state index in [1.165, 1.54) is 13.2 Å². The predicted octanol–water partition coefficient (Wildman–Crippen LogP) is 3.81. The lowest BCUT2D eigenvalue weighted by atomic mass is 10.1. The smallest absolute Gasteiger partial charge is 0.252 e. The fourth-order valence-electron chi connectivity index (χ4n) is 2.37. The Balaban J connectivity index is 2.13. The average Bonchev–Trinajstić information content (AvgIpc) is 2.56. The molecule has 0 aromatic heterocycles. The molecule has 1 unspecified atom stereocenters. The van der Waals surface area contributed by atoms with Gasteiger partial charge in [0.05, 0.1) is 19.8 Å². The molecule has 0 aliphatic heterocycles. The Hall–Kier alpha value is -1.83. The normalized spacial score (nSPS) is 11.7. The Morgan fingerprint density at radius 2 is 1.83 bits per heavy atom. The molecule has 2 rings (SSSR count). The number of hydrogen-bond acceptors (Lipinski definition) is 3. The highest BCUT2D eigenvalue weighted by Crippen LogP contribution is 2.31. The van der Waals surface area contributed by atoms with Crippen LogP contribution < -0.4 is 14.8 Å². The summed E-state index contributed by atoms with van der Waals surface area (Å²) in [6, 6.07) is 9.75. The Bertz CT molecular complexity index is 736. The van der Waals surface area contributed by atoms with Crippen molar-refractivity contribution in [3.8, 4) is 11.5 Å². The minimum atomic E-state index is -0.265. The Morgan fingerprint density at radius 3 is 2.46 bits per heavy atom. The monoisotopic (exact) mass is 443 g/mol. The standard InChI is InChI=1S/C18H19FINO3/c1-11(8-12-6-4-5-7-14(12)19)21-18(22)13-9-16(23-2)17(24-3)10-15(13)20/h4-7,9-11H,8H2,1-3H3,(H,21,22). The number of halogens is 2. The van der Waals surface area contributed by atoms with Crippen LogP contribution in [0.3, 0.4) is 0 Å². The maximum absolute atomic E-state index is 13.7. The molecule has 2 aromatic carbocycles. The molecular weight excluding hydrogens is 424 g/mol. The zero-order valence-electron chi connectivity index (χ0n) is 13.7. The van der Waals surface area contributed by atoms with Gasteiger partial charge in [0.1, 0.15) is 5.82 Å². The van der Waals surface area contributed by atoms with Crippen molar-refractivity contribution < 1.29 is 18.7 Å². The Labute approximate surface area is 154 Å². The zero-order valence-corrected chi connectivity index (χ0v) is 15.9. The molecule has 0 bridgehead atoms. The highest BCUT2D eigenvalue weighted by Gasteiger charge is 2.17. The summed E-state index contributed by atoms with van der Waals surface area (Å²) in [6.45, 7) is 1.85. The molecule has 1 amide bonds. The van der Waals surface area contributed by atoms with Gasteiger partial charge in [0.2, 0.25) is 0 Å². The van der Waals surface area contributed by atoms with Crippen molar-refractivity contribution in [2.45, 2.75) is 19.4 Å². The van der Waals surface area contributed by atoms with Gasteiger partial charge in [-0.05, 0) is 59.7 Å².